The minimum absolute atomic E-state index is 0.0239. The lowest BCUT2D eigenvalue weighted by Crippen LogP contribution is -2.22. The summed E-state index contributed by atoms with van der Waals surface area (Å²) in [4.78, 5) is 17.0. The highest BCUT2D eigenvalue weighted by molar-refractivity contribution is 7.16. The molecule has 0 aliphatic heterocycles. The molecule has 4 nitrogen and oxygen atoms in total. The third kappa shape index (κ3) is 1.80. The van der Waals surface area contributed by atoms with E-state index in [0.29, 0.717) is 13.2 Å². The minimum Gasteiger partial charge on any atom is -0.383 e. The molecule has 2 aromatic rings. The van der Waals surface area contributed by atoms with E-state index in [1.165, 1.54) is 11.3 Å². The Labute approximate surface area is 91.1 Å². The number of aromatic nitrogens is 2. The summed E-state index contributed by atoms with van der Waals surface area (Å²) in [6.45, 7) is 3.01. The van der Waals surface area contributed by atoms with Gasteiger partial charge in [-0.05, 0) is 17.9 Å². The Balaban J connectivity index is 2.54. The summed E-state index contributed by atoms with van der Waals surface area (Å²) in [5.74, 6) is 0. The van der Waals surface area contributed by atoms with Crippen molar-refractivity contribution in [2.24, 2.45) is 0 Å². The first kappa shape index (κ1) is 10.3. The van der Waals surface area contributed by atoms with Crippen molar-refractivity contribution in [1.29, 1.82) is 0 Å². The van der Waals surface area contributed by atoms with Gasteiger partial charge in [0.25, 0.3) is 5.56 Å². The fraction of sp³-hybridized carbons (Fsp3) is 0.400. The highest BCUT2D eigenvalue weighted by Crippen LogP contribution is 2.19. The first-order valence-electron chi connectivity index (χ1n) is 4.66. The molecule has 2 aromatic heterocycles. The average Bonchev–Trinajstić information content (AvgIpc) is 2.60. The van der Waals surface area contributed by atoms with Gasteiger partial charge in [0, 0.05) is 7.11 Å². The second-order valence-electron chi connectivity index (χ2n) is 3.33. The van der Waals surface area contributed by atoms with Gasteiger partial charge in [-0.25, -0.2) is 4.98 Å². The van der Waals surface area contributed by atoms with E-state index in [2.05, 4.69) is 4.98 Å². The molecule has 0 aliphatic carbocycles. The molecule has 0 spiro atoms. The van der Waals surface area contributed by atoms with E-state index >= 15 is 0 Å². The molecule has 0 aromatic carbocycles. The number of ether oxygens (including phenoxy) is 1. The van der Waals surface area contributed by atoms with E-state index < -0.39 is 0 Å². The molecule has 0 aliphatic rings. The lowest BCUT2D eigenvalue weighted by molar-refractivity contribution is 0.186. The number of rotatable bonds is 3. The van der Waals surface area contributed by atoms with Crippen molar-refractivity contribution >= 4 is 21.6 Å². The maximum atomic E-state index is 12.0. The smallest absolute Gasteiger partial charge is 0.262 e. The van der Waals surface area contributed by atoms with Gasteiger partial charge in [0.15, 0.2) is 0 Å². The fourth-order valence-electron chi connectivity index (χ4n) is 1.45. The first-order valence-corrected chi connectivity index (χ1v) is 5.54. The number of thiophene rings is 1. The Morgan fingerprint density at radius 3 is 3.13 bits per heavy atom. The van der Waals surface area contributed by atoms with Crippen LogP contribution in [0.2, 0.25) is 0 Å². The van der Waals surface area contributed by atoms with Crippen molar-refractivity contribution in [2.75, 3.05) is 13.7 Å². The summed E-state index contributed by atoms with van der Waals surface area (Å²) in [5, 5.41) is 2.69. The van der Waals surface area contributed by atoms with Gasteiger partial charge >= 0.3 is 0 Å². The number of methoxy groups -OCH3 is 1. The van der Waals surface area contributed by atoms with Crippen LogP contribution in [0.3, 0.4) is 0 Å². The van der Waals surface area contributed by atoms with Gasteiger partial charge in [0.05, 0.1) is 24.9 Å². The van der Waals surface area contributed by atoms with Crippen LogP contribution in [0.15, 0.2) is 16.5 Å². The zero-order valence-corrected chi connectivity index (χ0v) is 9.50. The van der Waals surface area contributed by atoms with Gasteiger partial charge in [-0.2, -0.15) is 0 Å². The van der Waals surface area contributed by atoms with Crippen LogP contribution in [0.4, 0.5) is 0 Å². The summed E-state index contributed by atoms with van der Waals surface area (Å²) in [7, 11) is 1.62. The summed E-state index contributed by atoms with van der Waals surface area (Å²) in [6, 6.07) is 0. The van der Waals surface area contributed by atoms with E-state index in [0.717, 1.165) is 15.8 Å². The Kier molecular flexibility index (Phi) is 2.83. The van der Waals surface area contributed by atoms with Crippen molar-refractivity contribution in [3.05, 3.63) is 27.6 Å². The van der Waals surface area contributed by atoms with E-state index in [1.54, 1.807) is 18.0 Å². The maximum absolute atomic E-state index is 12.0. The predicted molar refractivity (Wildman–Crippen MR) is 60.5 cm³/mol. The summed E-state index contributed by atoms with van der Waals surface area (Å²) in [5.41, 5.74) is 1.02. The van der Waals surface area contributed by atoms with Crippen LogP contribution in [0.1, 0.15) is 5.56 Å². The number of hydrogen-bond donors (Lipinski definition) is 0. The number of nitrogens with zero attached hydrogens (tertiary/aromatic N) is 2. The van der Waals surface area contributed by atoms with E-state index in [-0.39, 0.29) is 5.56 Å². The molecule has 0 saturated carbocycles. The first-order chi connectivity index (χ1) is 7.24. The van der Waals surface area contributed by atoms with E-state index in [9.17, 15) is 4.79 Å². The van der Waals surface area contributed by atoms with Gasteiger partial charge in [0.1, 0.15) is 4.83 Å². The van der Waals surface area contributed by atoms with Gasteiger partial charge in [-0.15, -0.1) is 11.3 Å². The largest absolute Gasteiger partial charge is 0.383 e. The Hall–Kier alpha value is -1.20. The average molecular weight is 224 g/mol. The molecule has 0 fully saturated rings. The summed E-state index contributed by atoms with van der Waals surface area (Å²) < 4.78 is 6.53. The van der Waals surface area contributed by atoms with E-state index in [1.807, 2.05) is 12.3 Å². The lowest BCUT2D eigenvalue weighted by Gasteiger charge is -2.03. The molecule has 0 bridgehead atoms. The normalized spacial score (nSPS) is 11.1. The molecular formula is C10H12N2O2S. The zero-order chi connectivity index (χ0) is 10.8. The molecule has 0 amide bonds. The van der Waals surface area contributed by atoms with Crippen LogP contribution >= 0.6 is 11.3 Å². The standard InChI is InChI=1S/C10H12N2O2S/c1-7-5-15-9-8(7)10(13)12(6-11-9)3-4-14-2/h5-6H,3-4H2,1-2H3. The quantitative estimate of drug-likeness (QED) is 0.791. The molecule has 0 atom stereocenters. The number of hydrogen-bond acceptors (Lipinski definition) is 4. The molecule has 0 unspecified atom stereocenters. The molecule has 15 heavy (non-hydrogen) atoms. The van der Waals surface area contributed by atoms with Gasteiger partial charge in [-0.1, -0.05) is 0 Å². The van der Waals surface area contributed by atoms with Crippen LogP contribution in [0.5, 0.6) is 0 Å². The number of aryl methyl sites for hydroxylation is 1. The monoisotopic (exact) mass is 224 g/mol. The highest BCUT2D eigenvalue weighted by Gasteiger charge is 2.07. The summed E-state index contributed by atoms with van der Waals surface area (Å²) >= 11 is 1.50. The molecule has 0 N–H and O–H groups in total. The van der Waals surface area contributed by atoms with Crippen molar-refractivity contribution in [2.45, 2.75) is 13.5 Å². The third-order valence-corrected chi connectivity index (χ3v) is 3.29. The molecule has 2 heterocycles. The van der Waals surface area contributed by atoms with E-state index in [4.69, 9.17) is 4.74 Å². The predicted octanol–water partition coefficient (Wildman–Crippen LogP) is 1.41. The van der Waals surface area contributed by atoms with Crippen LogP contribution in [-0.2, 0) is 11.3 Å². The minimum atomic E-state index is 0.0239. The van der Waals surface area contributed by atoms with Gasteiger partial charge in [-0.3, -0.25) is 9.36 Å². The third-order valence-electron chi connectivity index (χ3n) is 2.28. The van der Waals surface area contributed by atoms with Crippen LogP contribution < -0.4 is 5.56 Å². The zero-order valence-electron chi connectivity index (χ0n) is 8.69. The fourth-order valence-corrected chi connectivity index (χ4v) is 2.33. The molecule has 0 saturated heterocycles. The molecule has 0 radical (unpaired) electrons. The van der Waals surface area contributed by atoms with Crippen molar-refractivity contribution in [3.63, 3.8) is 0 Å². The van der Waals surface area contributed by atoms with Crippen molar-refractivity contribution in [1.82, 2.24) is 9.55 Å². The Morgan fingerprint density at radius 2 is 2.40 bits per heavy atom. The van der Waals surface area contributed by atoms with Gasteiger partial charge in [0.2, 0.25) is 0 Å². The number of fused-ring (bicyclic) bond motifs is 1. The summed E-state index contributed by atoms with van der Waals surface area (Å²) in [6.07, 6.45) is 1.58. The highest BCUT2D eigenvalue weighted by atomic mass is 32.1. The Morgan fingerprint density at radius 1 is 1.60 bits per heavy atom. The SMILES string of the molecule is COCCn1cnc2scc(C)c2c1=O. The van der Waals surface area contributed by atoms with Crippen LogP contribution in [-0.4, -0.2) is 23.3 Å². The topological polar surface area (TPSA) is 44.1 Å². The second-order valence-corrected chi connectivity index (χ2v) is 4.19. The van der Waals surface area contributed by atoms with Crippen molar-refractivity contribution < 1.29 is 4.74 Å². The van der Waals surface area contributed by atoms with Crippen LogP contribution in [0, 0.1) is 6.92 Å². The lowest BCUT2D eigenvalue weighted by atomic mass is 10.3. The molecule has 5 heteroatoms. The molecule has 80 valence electrons. The Bertz CT molecular complexity index is 530. The second kappa shape index (κ2) is 4.12. The maximum Gasteiger partial charge on any atom is 0.262 e. The molecule has 2 rings (SSSR count). The van der Waals surface area contributed by atoms with Gasteiger partial charge < -0.3 is 4.74 Å². The van der Waals surface area contributed by atoms with Crippen molar-refractivity contribution in [3.8, 4) is 0 Å². The molecular weight excluding hydrogens is 212 g/mol. The van der Waals surface area contributed by atoms with Crippen LogP contribution in [0.25, 0.3) is 10.2 Å².